The van der Waals surface area contributed by atoms with Gasteiger partial charge in [-0.3, -0.25) is 0 Å². The molecule has 0 fully saturated rings. The Labute approximate surface area is 114 Å². The van der Waals surface area contributed by atoms with Gasteiger partial charge in [0.25, 0.3) is 0 Å². The molecule has 0 aromatic heterocycles. The molecule has 0 aliphatic heterocycles. The molecular formula is C16H19NO2. The van der Waals surface area contributed by atoms with Crippen molar-refractivity contribution in [3.63, 3.8) is 0 Å². The lowest BCUT2D eigenvalue weighted by Gasteiger charge is -2.17. The highest BCUT2D eigenvalue weighted by Crippen LogP contribution is 2.40. The summed E-state index contributed by atoms with van der Waals surface area (Å²) in [6.07, 6.45) is 0.810. The van der Waals surface area contributed by atoms with Gasteiger partial charge in [0.1, 0.15) is 0 Å². The maximum atomic E-state index is 5.70. The molecule has 0 spiro atoms. The zero-order valence-corrected chi connectivity index (χ0v) is 11.3. The van der Waals surface area contributed by atoms with Crippen molar-refractivity contribution in [1.82, 2.24) is 0 Å². The standard InChI is InChI=1S/C16H19NO2/c1-18-14-9-8-13(10-11-17)15(16(14)19-2)12-6-4-3-5-7-12/h3-9H,10-11,17H2,1-2H3. The minimum atomic E-state index is 0.606. The van der Waals surface area contributed by atoms with Crippen molar-refractivity contribution in [3.8, 4) is 22.6 Å². The quantitative estimate of drug-likeness (QED) is 0.895. The zero-order valence-electron chi connectivity index (χ0n) is 11.3. The second-order valence-electron chi connectivity index (χ2n) is 4.24. The van der Waals surface area contributed by atoms with E-state index in [0.717, 1.165) is 29.0 Å². The van der Waals surface area contributed by atoms with E-state index in [9.17, 15) is 0 Å². The van der Waals surface area contributed by atoms with Crippen LogP contribution in [0.5, 0.6) is 11.5 Å². The molecule has 0 heterocycles. The molecular weight excluding hydrogens is 238 g/mol. The number of hydrogen-bond donors (Lipinski definition) is 1. The van der Waals surface area contributed by atoms with Gasteiger partial charge in [-0.1, -0.05) is 36.4 Å². The van der Waals surface area contributed by atoms with E-state index in [1.165, 1.54) is 5.56 Å². The van der Waals surface area contributed by atoms with Gasteiger partial charge in [-0.15, -0.1) is 0 Å². The predicted octanol–water partition coefficient (Wildman–Crippen LogP) is 2.87. The Morgan fingerprint density at radius 2 is 1.68 bits per heavy atom. The highest BCUT2D eigenvalue weighted by atomic mass is 16.5. The van der Waals surface area contributed by atoms with E-state index in [1.807, 2.05) is 24.3 Å². The van der Waals surface area contributed by atoms with Crippen molar-refractivity contribution in [3.05, 3.63) is 48.0 Å². The minimum absolute atomic E-state index is 0.606. The summed E-state index contributed by atoms with van der Waals surface area (Å²) in [5.41, 5.74) is 9.05. The van der Waals surface area contributed by atoms with Crippen LogP contribution < -0.4 is 15.2 Å². The number of methoxy groups -OCH3 is 2. The van der Waals surface area contributed by atoms with Crippen LogP contribution in [0.4, 0.5) is 0 Å². The third-order valence-electron chi connectivity index (χ3n) is 3.11. The van der Waals surface area contributed by atoms with Crippen LogP contribution in [0, 0.1) is 0 Å². The summed E-state index contributed by atoms with van der Waals surface area (Å²) in [7, 11) is 3.31. The summed E-state index contributed by atoms with van der Waals surface area (Å²) in [6, 6.07) is 14.1. The Hall–Kier alpha value is -2.00. The van der Waals surface area contributed by atoms with Crippen LogP contribution in [0.25, 0.3) is 11.1 Å². The van der Waals surface area contributed by atoms with Crippen molar-refractivity contribution in [1.29, 1.82) is 0 Å². The minimum Gasteiger partial charge on any atom is -0.493 e. The van der Waals surface area contributed by atoms with Gasteiger partial charge in [0.2, 0.25) is 0 Å². The third kappa shape index (κ3) is 2.71. The molecule has 0 bridgehead atoms. The van der Waals surface area contributed by atoms with E-state index in [-0.39, 0.29) is 0 Å². The number of hydrogen-bond acceptors (Lipinski definition) is 3. The maximum Gasteiger partial charge on any atom is 0.168 e. The lowest BCUT2D eigenvalue weighted by Crippen LogP contribution is -2.05. The molecule has 0 aliphatic carbocycles. The number of benzene rings is 2. The maximum absolute atomic E-state index is 5.70. The lowest BCUT2D eigenvalue weighted by atomic mass is 9.96. The van der Waals surface area contributed by atoms with E-state index in [0.29, 0.717) is 6.54 Å². The molecule has 3 heteroatoms. The summed E-state index contributed by atoms with van der Waals surface area (Å²) >= 11 is 0. The molecule has 2 N–H and O–H groups in total. The van der Waals surface area contributed by atoms with Gasteiger partial charge >= 0.3 is 0 Å². The smallest absolute Gasteiger partial charge is 0.168 e. The number of rotatable bonds is 5. The van der Waals surface area contributed by atoms with Crippen LogP contribution in [-0.4, -0.2) is 20.8 Å². The van der Waals surface area contributed by atoms with Crippen LogP contribution >= 0.6 is 0 Å². The molecule has 0 atom stereocenters. The van der Waals surface area contributed by atoms with E-state index in [2.05, 4.69) is 18.2 Å². The molecule has 0 amide bonds. The fraction of sp³-hybridized carbons (Fsp3) is 0.250. The zero-order chi connectivity index (χ0) is 13.7. The van der Waals surface area contributed by atoms with E-state index >= 15 is 0 Å². The Kier molecular flexibility index (Phi) is 4.42. The van der Waals surface area contributed by atoms with Gasteiger partial charge in [-0.05, 0) is 30.2 Å². The summed E-state index contributed by atoms with van der Waals surface area (Å²) in [5, 5.41) is 0. The summed E-state index contributed by atoms with van der Waals surface area (Å²) in [4.78, 5) is 0. The first-order valence-corrected chi connectivity index (χ1v) is 6.31. The van der Waals surface area contributed by atoms with Crippen molar-refractivity contribution in [2.75, 3.05) is 20.8 Å². The molecule has 2 aromatic carbocycles. The topological polar surface area (TPSA) is 44.5 Å². The largest absolute Gasteiger partial charge is 0.493 e. The average molecular weight is 257 g/mol. The highest BCUT2D eigenvalue weighted by molar-refractivity contribution is 5.77. The van der Waals surface area contributed by atoms with Gasteiger partial charge in [0, 0.05) is 5.56 Å². The van der Waals surface area contributed by atoms with Crippen LogP contribution in [-0.2, 0) is 6.42 Å². The van der Waals surface area contributed by atoms with Crippen LogP contribution in [0.15, 0.2) is 42.5 Å². The molecule has 100 valence electrons. The van der Waals surface area contributed by atoms with Crippen LogP contribution in [0.3, 0.4) is 0 Å². The molecule has 2 aromatic rings. The van der Waals surface area contributed by atoms with E-state index in [1.54, 1.807) is 14.2 Å². The Bertz CT molecular complexity index is 538. The highest BCUT2D eigenvalue weighted by Gasteiger charge is 2.15. The summed E-state index contributed by atoms with van der Waals surface area (Å²) in [5.74, 6) is 1.50. The van der Waals surface area contributed by atoms with Gasteiger partial charge in [-0.25, -0.2) is 0 Å². The fourth-order valence-corrected chi connectivity index (χ4v) is 2.25. The van der Waals surface area contributed by atoms with Gasteiger partial charge in [0.05, 0.1) is 14.2 Å². The van der Waals surface area contributed by atoms with E-state index in [4.69, 9.17) is 15.2 Å². The first-order valence-electron chi connectivity index (χ1n) is 6.31. The SMILES string of the molecule is COc1ccc(CCN)c(-c2ccccc2)c1OC. The van der Waals surface area contributed by atoms with Gasteiger partial charge in [-0.2, -0.15) is 0 Å². The third-order valence-corrected chi connectivity index (χ3v) is 3.11. The molecule has 0 aliphatic rings. The molecule has 19 heavy (non-hydrogen) atoms. The molecule has 0 radical (unpaired) electrons. The van der Waals surface area contributed by atoms with Crippen molar-refractivity contribution in [2.45, 2.75) is 6.42 Å². The molecule has 2 rings (SSSR count). The monoisotopic (exact) mass is 257 g/mol. The number of nitrogens with two attached hydrogens (primary N) is 1. The molecule has 3 nitrogen and oxygen atoms in total. The lowest BCUT2D eigenvalue weighted by molar-refractivity contribution is 0.356. The molecule has 0 unspecified atom stereocenters. The first kappa shape index (κ1) is 13.4. The molecule has 0 saturated heterocycles. The normalized spacial score (nSPS) is 10.3. The Morgan fingerprint density at radius 1 is 0.947 bits per heavy atom. The number of ether oxygens (including phenoxy) is 2. The van der Waals surface area contributed by atoms with E-state index < -0.39 is 0 Å². The second kappa shape index (κ2) is 6.25. The average Bonchev–Trinajstić information content (AvgIpc) is 2.47. The summed E-state index contributed by atoms with van der Waals surface area (Å²) in [6.45, 7) is 0.606. The van der Waals surface area contributed by atoms with Crippen LogP contribution in [0.2, 0.25) is 0 Å². The first-order chi connectivity index (χ1) is 9.31. The summed E-state index contributed by atoms with van der Waals surface area (Å²) < 4.78 is 10.9. The Balaban J connectivity index is 2.65. The van der Waals surface area contributed by atoms with Crippen molar-refractivity contribution in [2.24, 2.45) is 5.73 Å². The second-order valence-corrected chi connectivity index (χ2v) is 4.24. The van der Waals surface area contributed by atoms with Crippen molar-refractivity contribution < 1.29 is 9.47 Å². The predicted molar refractivity (Wildman–Crippen MR) is 77.7 cm³/mol. The van der Waals surface area contributed by atoms with Crippen molar-refractivity contribution >= 4 is 0 Å². The van der Waals surface area contributed by atoms with Gasteiger partial charge in [0.15, 0.2) is 11.5 Å². The fourth-order valence-electron chi connectivity index (χ4n) is 2.25. The molecule has 0 saturated carbocycles. The van der Waals surface area contributed by atoms with Gasteiger partial charge < -0.3 is 15.2 Å². The van der Waals surface area contributed by atoms with Crippen LogP contribution in [0.1, 0.15) is 5.56 Å². The Morgan fingerprint density at radius 3 is 2.26 bits per heavy atom.